The van der Waals surface area contributed by atoms with Crippen molar-refractivity contribution in [3.8, 4) is 0 Å². The van der Waals surface area contributed by atoms with Crippen molar-refractivity contribution < 1.29 is 4.79 Å². The molecule has 1 rings (SSSR count). The Kier molecular flexibility index (Phi) is 10.7. The van der Waals surface area contributed by atoms with Gasteiger partial charge < -0.3 is 15.5 Å². The second kappa shape index (κ2) is 12.2. The zero-order chi connectivity index (χ0) is 20.4. The highest BCUT2D eigenvalue weighted by atomic mass is 16.2. The molecular formula is C20H42N6O. The van der Waals surface area contributed by atoms with Crippen molar-refractivity contribution in [3.05, 3.63) is 0 Å². The molecule has 1 fully saturated rings. The van der Waals surface area contributed by atoms with E-state index in [0.29, 0.717) is 12.1 Å². The topological polar surface area (TPSA) is 63.2 Å². The number of hydrogen-bond donors (Lipinski definition) is 2. The number of likely N-dealkylation sites (N-methyl/N-ethyl adjacent to an activating group) is 1. The van der Waals surface area contributed by atoms with Gasteiger partial charge in [0.15, 0.2) is 5.96 Å². The van der Waals surface area contributed by atoms with Gasteiger partial charge in [0.1, 0.15) is 0 Å². The number of nitrogens with one attached hydrogen (secondary N) is 2. The third-order valence-corrected chi connectivity index (χ3v) is 5.22. The van der Waals surface area contributed by atoms with Gasteiger partial charge in [-0.05, 0) is 53.5 Å². The number of aliphatic imine (C=N–C) groups is 1. The van der Waals surface area contributed by atoms with Crippen LogP contribution >= 0.6 is 0 Å². The number of carbonyl (C=O) groups excluding carboxylic acids is 1. The summed E-state index contributed by atoms with van der Waals surface area (Å²) in [6, 6.07) is 1.15. The van der Waals surface area contributed by atoms with Crippen LogP contribution in [0.2, 0.25) is 0 Å². The first-order valence-electron chi connectivity index (χ1n) is 10.4. The van der Waals surface area contributed by atoms with E-state index in [1.54, 1.807) is 4.90 Å². The van der Waals surface area contributed by atoms with Gasteiger partial charge >= 0.3 is 0 Å². The summed E-state index contributed by atoms with van der Waals surface area (Å²) in [5.74, 6) is 1.09. The Morgan fingerprint density at radius 2 is 1.78 bits per heavy atom. The number of rotatable bonds is 10. The van der Waals surface area contributed by atoms with Gasteiger partial charge in [0.05, 0.1) is 6.04 Å². The standard InChI is InChI=1S/C20H42N6O/c1-16(2)26(17(3)4)15-12-23-20(21-5)22-11-9-14-25-13-8-10-18(25)19(27)24(6)7/h16-18H,8-15H2,1-7H3,(H2,21,22,23). The number of likely N-dealkylation sites (tertiary alicyclic amines) is 1. The smallest absolute Gasteiger partial charge is 0.239 e. The number of carbonyl (C=O) groups is 1. The minimum Gasteiger partial charge on any atom is -0.356 e. The van der Waals surface area contributed by atoms with E-state index in [2.05, 4.69) is 53.1 Å². The molecule has 0 aromatic heterocycles. The van der Waals surface area contributed by atoms with E-state index < -0.39 is 0 Å². The molecule has 0 aromatic rings. The Balaban J connectivity index is 2.28. The van der Waals surface area contributed by atoms with Crippen LogP contribution in [-0.2, 0) is 4.79 Å². The number of amides is 1. The molecule has 1 unspecified atom stereocenters. The molecule has 0 radical (unpaired) electrons. The van der Waals surface area contributed by atoms with Crippen molar-refractivity contribution in [2.75, 3.05) is 53.9 Å². The average Bonchev–Trinajstić information content (AvgIpc) is 3.07. The van der Waals surface area contributed by atoms with Gasteiger partial charge in [-0.25, -0.2) is 0 Å². The zero-order valence-corrected chi connectivity index (χ0v) is 18.6. The Morgan fingerprint density at radius 1 is 1.15 bits per heavy atom. The van der Waals surface area contributed by atoms with Crippen molar-refractivity contribution in [2.45, 2.75) is 65.1 Å². The molecular weight excluding hydrogens is 340 g/mol. The van der Waals surface area contributed by atoms with Crippen molar-refractivity contribution in [1.29, 1.82) is 0 Å². The van der Waals surface area contributed by atoms with Crippen LogP contribution in [0.4, 0.5) is 0 Å². The van der Waals surface area contributed by atoms with Gasteiger partial charge in [-0.2, -0.15) is 0 Å². The van der Waals surface area contributed by atoms with Gasteiger partial charge in [-0.3, -0.25) is 19.6 Å². The monoisotopic (exact) mass is 382 g/mol. The molecule has 7 nitrogen and oxygen atoms in total. The molecule has 0 aromatic carbocycles. The van der Waals surface area contributed by atoms with Gasteiger partial charge in [-0.1, -0.05) is 0 Å². The SMILES string of the molecule is CN=C(NCCCN1CCCC1C(=O)N(C)C)NCCN(C(C)C)C(C)C. The average molecular weight is 383 g/mol. The summed E-state index contributed by atoms with van der Waals surface area (Å²) in [5.41, 5.74) is 0. The summed E-state index contributed by atoms with van der Waals surface area (Å²) >= 11 is 0. The van der Waals surface area contributed by atoms with E-state index in [1.165, 1.54) is 0 Å². The summed E-state index contributed by atoms with van der Waals surface area (Å²) in [6.45, 7) is 13.6. The maximum absolute atomic E-state index is 12.2. The summed E-state index contributed by atoms with van der Waals surface area (Å²) in [4.78, 5) is 23.1. The lowest BCUT2D eigenvalue weighted by atomic mass is 10.2. The summed E-state index contributed by atoms with van der Waals surface area (Å²) in [6.07, 6.45) is 3.10. The summed E-state index contributed by atoms with van der Waals surface area (Å²) in [5, 5.41) is 6.79. The van der Waals surface area contributed by atoms with Crippen molar-refractivity contribution >= 4 is 11.9 Å². The lowest BCUT2D eigenvalue weighted by molar-refractivity contribution is -0.133. The molecule has 0 bridgehead atoms. The van der Waals surface area contributed by atoms with Crippen LogP contribution in [0.1, 0.15) is 47.0 Å². The molecule has 0 saturated carbocycles. The molecule has 1 amide bonds. The van der Waals surface area contributed by atoms with Crippen LogP contribution in [0.25, 0.3) is 0 Å². The number of guanidine groups is 1. The van der Waals surface area contributed by atoms with Gasteiger partial charge in [0, 0.05) is 59.4 Å². The minimum absolute atomic E-state index is 0.0653. The molecule has 2 N–H and O–H groups in total. The van der Waals surface area contributed by atoms with Gasteiger partial charge in [0.25, 0.3) is 0 Å². The third kappa shape index (κ3) is 8.05. The Bertz CT molecular complexity index is 455. The van der Waals surface area contributed by atoms with E-state index in [-0.39, 0.29) is 11.9 Å². The minimum atomic E-state index is 0.0653. The second-order valence-electron chi connectivity index (χ2n) is 8.13. The van der Waals surface area contributed by atoms with Gasteiger partial charge in [0.2, 0.25) is 5.91 Å². The van der Waals surface area contributed by atoms with Crippen LogP contribution in [0.5, 0.6) is 0 Å². The Labute approximate surface area is 166 Å². The lowest BCUT2D eigenvalue weighted by Crippen LogP contribution is -2.46. The first-order chi connectivity index (χ1) is 12.8. The molecule has 7 heteroatoms. The first-order valence-corrected chi connectivity index (χ1v) is 10.4. The van der Waals surface area contributed by atoms with Crippen LogP contribution < -0.4 is 10.6 Å². The predicted molar refractivity (Wildman–Crippen MR) is 114 cm³/mol. The highest BCUT2D eigenvalue weighted by molar-refractivity contribution is 5.81. The molecule has 27 heavy (non-hydrogen) atoms. The van der Waals surface area contributed by atoms with Gasteiger partial charge in [-0.15, -0.1) is 0 Å². The Hall–Kier alpha value is -1.34. The first kappa shape index (κ1) is 23.7. The second-order valence-corrected chi connectivity index (χ2v) is 8.13. The molecule has 1 saturated heterocycles. The molecule has 0 aliphatic carbocycles. The fraction of sp³-hybridized carbons (Fsp3) is 0.900. The maximum atomic E-state index is 12.2. The quantitative estimate of drug-likeness (QED) is 0.338. The van der Waals surface area contributed by atoms with E-state index in [0.717, 1.165) is 57.9 Å². The lowest BCUT2D eigenvalue weighted by Gasteiger charge is -2.30. The largest absolute Gasteiger partial charge is 0.356 e. The molecule has 1 aliphatic rings. The normalized spacial score (nSPS) is 18.6. The molecule has 1 heterocycles. The molecule has 1 aliphatic heterocycles. The predicted octanol–water partition coefficient (Wildman–Crippen LogP) is 1.21. The van der Waals surface area contributed by atoms with E-state index in [4.69, 9.17) is 0 Å². The summed E-state index contributed by atoms with van der Waals surface area (Å²) in [7, 11) is 5.50. The molecule has 1 atom stereocenters. The maximum Gasteiger partial charge on any atom is 0.239 e. The highest BCUT2D eigenvalue weighted by Crippen LogP contribution is 2.18. The van der Waals surface area contributed by atoms with Crippen LogP contribution in [0, 0.1) is 0 Å². The van der Waals surface area contributed by atoms with E-state index >= 15 is 0 Å². The highest BCUT2D eigenvalue weighted by Gasteiger charge is 2.30. The summed E-state index contributed by atoms with van der Waals surface area (Å²) < 4.78 is 0. The third-order valence-electron chi connectivity index (χ3n) is 5.22. The fourth-order valence-electron chi connectivity index (χ4n) is 3.80. The van der Waals surface area contributed by atoms with Crippen molar-refractivity contribution in [1.82, 2.24) is 25.3 Å². The Morgan fingerprint density at radius 3 is 2.33 bits per heavy atom. The fourth-order valence-corrected chi connectivity index (χ4v) is 3.80. The van der Waals surface area contributed by atoms with Crippen LogP contribution in [-0.4, -0.2) is 98.6 Å². The number of hydrogen-bond acceptors (Lipinski definition) is 4. The zero-order valence-electron chi connectivity index (χ0n) is 18.6. The van der Waals surface area contributed by atoms with Crippen molar-refractivity contribution in [3.63, 3.8) is 0 Å². The van der Waals surface area contributed by atoms with Crippen LogP contribution in [0.3, 0.4) is 0 Å². The van der Waals surface area contributed by atoms with Crippen LogP contribution in [0.15, 0.2) is 4.99 Å². The van der Waals surface area contributed by atoms with E-state index in [1.807, 2.05) is 21.1 Å². The molecule has 158 valence electrons. The van der Waals surface area contributed by atoms with E-state index in [9.17, 15) is 4.79 Å². The molecule has 0 spiro atoms. The number of nitrogens with zero attached hydrogens (tertiary/aromatic N) is 4. The van der Waals surface area contributed by atoms with Crippen molar-refractivity contribution in [2.24, 2.45) is 4.99 Å².